The molecule has 1 saturated heterocycles. The number of carbonyl (C=O) groups excluding carboxylic acids is 2. The summed E-state index contributed by atoms with van der Waals surface area (Å²) >= 11 is 3.40. The lowest BCUT2D eigenvalue weighted by Crippen LogP contribution is -2.29. The van der Waals surface area contributed by atoms with Crippen molar-refractivity contribution in [3.63, 3.8) is 0 Å². The predicted molar refractivity (Wildman–Crippen MR) is 110 cm³/mol. The number of rotatable bonds is 3. The molecule has 4 rings (SSSR count). The molecule has 1 amide bonds. The fourth-order valence-electron chi connectivity index (χ4n) is 3.33. The number of hydrogen-bond acceptors (Lipinski definition) is 4. The van der Waals surface area contributed by atoms with Crippen LogP contribution >= 0.6 is 15.9 Å². The van der Waals surface area contributed by atoms with Gasteiger partial charge in [0.05, 0.1) is 11.6 Å². The van der Waals surface area contributed by atoms with Gasteiger partial charge in [-0.3, -0.25) is 19.5 Å². The first-order valence-corrected chi connectivity index (χ1v) is 9.39. The Morgan fingerprint density at radius 1 is 1.00 bits per heavy atom. The second kappa shape index (κ2) is 7.40. The molecule has 138 valence electrons. The van der Waals surface area contributed by atoms with E-state index in [1.807, 2.05) is 12.1 Å². The number of nitrogens with zero attached hydrogens (tertiary/aromatic N) is 2. The van der Waals surface area contributed by atoms with Crippen LogP contribution < -0.4 is 4.90 Å². The Bertz CT molecular complexity index is 1080. The highest BCUT2D eigenvalue weighted by Crippen LogP contribution is 2.42. The summed E-state index contributed by atoms with van der Waals surface area (Å²) in [5, 5.41) is 10.9. The Labute approximate surface area is 170 Å². The highest BCUT2D eigenvalue weighted by atomic mass is 79.9. The van der Waals surface area contributed by atoms with Gasteiger partial charge >= 0.3 is 0 Å². The van der Waals surface area contributed by atoms with E-state index in [2.05, 4.69) is 20.9 Å². The molecule has 0 saturated carbocycles. The second-order valence-electron chi connectivity index (χ2n) is 6.30. The zero-order valence-electron chi connectivity index (χ0n) is 14.6. The van der Waals surface area contributed by atoms with E-state index < -0.39 is 17.7 Å². The summed E-state index contributed by atoms with van der Waals surface area (Å²) in [4.78, 5) is 31.4. The van der Waals surface area contributed by atoms with Crippen molar-refractivity contribution in [2.75, 3.05) is 4.90 Å². The maximum Gasteiger partial charge on any atom is 0.300 e. The van der Waals surface area contributed by atoms with Gasteiger partial charge in [-0.05, 0) is 29.8 Å². The zero-order valence-corrected chi connectivity index (χ0v) is 16.2. The molecule has 1 aliphatic heterocycles. The minimum atomic E-state index is -0.775. The number of carbonyl (C=O) groups is 2. The van der Waals surface area contributed by atoms with Gasteiger partial charge in [-0.15, -0.1) is 0 Å². The average molecular weight is 435 g/mol. The van der Waals surface area contributed by atoms with Crippen LogP contribution in [0.1, 0.15) is 17.2 Å². The van der Waals surface area contributed by atoms with Crippen molar-refractivity contribution in [3.05, 3.63) is 100 Å². The van der Waals surface area contributed by atoms with E-state index in [0.717, 1.165) is 4.47 Å². The first-order chi connectivity index (χ1) is 13.6. The number of aromatic nitrogens is 1. The molecule has 1 aliphatic rings. The van der Waals surface area contributed by atoms with Crippen LogP contribution in [0.4, 0.5) is 5.69 Å². The molecule has 1 N–H and O–H groups in total. The van der Waals surface area contributed by atoms with E-state index in [1.165, 1.54) is 4.90 Å². The number of halogens is 1. The maximum absolute atomic E-state index is 12.9. The molecule has 0 radical (unpaired) electrons. The third-order valence-corrected chi connectivity index (χ3v) is 5.07. The third kappa shape index (κ3) is 3.12. The van der Waals surface area contributed by atoms with Gasteiger partial charge in [0.15, 0.2) is 0 Å². The molecule has 3 aromatic rings. The minimum absolute atomic E-state index is 0.0455. The number of aliphatic hydroxyl groups is 1. The van der Waals surface area contributed by atoms with Gasteiger partial charge < -0.3 is 5.11 Å². The fourth-order valence-corrected chi connectivity index (χ4v) is 3.72. The van der Waals surface area contributed by atoms with Crippen LogP contribution in [0.5, 0.6) is 0 Å². The minimum Gasteiger partial charge on any atom is -0.507 e. The second-order valence-corrected chi connectivity index (χ2v) is 7.22. The van der Waals surface area contributed by atoms with Gasteiger partial charge in [0, 0.05) is 28.1 Å². The fraction of sp³-hybridized carbons (Fsp3) is 0.0455. The Hall–Kier alpha value is -3.25. The van der Waals surface area contributed by atoms with Crippen molar-refractivity contribution in [3.8, 4) is 0 Å². The van der Waals surface area contributed by atoms with Crippen LogP contribution in [-0.2, 0) is 9.59 Å². The van der Waals surface area contributed by atoms with Crippen molar-refractivity contribution < 1.29 is 14.7 Å². The summed E-state index contributed by atoms with van der Waals surface area (Å²) in [7, 11) is 0. The average Bonchev–Trinajstić information content (AvgIpc) is 3.00. The van der Waals surface area contributed by atoms with Gasteiger partial charge in [0.2, 0.25) is 0 Å². The highest BCUT2D eigenvalue weighted by molar-refractivity contribution is 9.10. The van der Waals surface area contributed by atoms with E-state index in [9.17, 15) is 14.7 Å². The summed E-state index contributed by atoms with van der Waals surface area (Å²) < 4.78 is 0.778. The normalized spacial score (nSPS) is 18.5. The summed E-state index contributed by atoms with van der Waals surface area (Å²) in [5.41, 5.74) is 1.71. The molecule has 0 aliphatic carbocycles. The van der Waals surface area contributed by atoms with E-state index in [1.54, 1.807) is 67.0 Å². The number of benzene rings is 2. The number of amides is 1. The molecule has 0 bridgehead atoms. The lowest BCUT2D eigenvalue weighted by molar-refractivity contribution is -0.132. The van der Waals surface area contributed by atoms with Crippen molar-refractivity contribution in [2.24, 2.45) is 0 Å². The largest absolute Gasteiger partial charge is 0.507 e. The molecule has 28 heavy (non-hydrogen) atoms. The lowest BCUT2D eigenvalue weighted by Gasteiger charge is -2.25. The first-order valence-electron chi connectivity index (χ1n) is 8.60. The van der Waals surface area contributed by atoms with Crippen LogP contribution in [-0.4, -0.2) is 21.8 Å². The van der Waals surface area contributed by atoms with Crippen LogP contribution in [0, 0.1) is 0 Å². The van der Waals surface area contributed by atoms with Crippen molar-refractivity contribution in [1.29, 1.82) is 0 Å². The number of anilines is 1. The lowest BCUT2D eigenvalue weighted by atomic mass is 9.96. The predicted octanol–water partition coefficient (Wildman–Crippen LogP) is 4.47. The number of ketones is 1. The molecule has 0 spiro atoms. The van der Waals surface area contributed by atoms with Gasteiger partial charge in [-0.2, -0.15) is 0 Å². The van der Waals surface area contributed by atoms with E-state index in [4.69, 9.17) is 0 Å². The van der Waals surface area contributed by atoms with Gasteiger partial charge in [0.1, 0.15) is 5.76 Å². The molecule has 1 unspecified atom stereocenters. The highest BCUT2D eigenvalue weighted by Gasteiger charge is 2.47. The summed E-state index contributed by atoms with van der Waals surface area (Å²) in [5.74, 6) is -1.62. The third-order valence-electron chi connectivity index (χ3n) is 4.58. The van der Waals surface area contributed by atoms with Crippen LogP contribution in [0.2, 0.25) is 0 Å². The molecular formula is C22H15BrN2O3. The van der Waals surface area contributed by atoms with Gasteiger partial charge in [-0.1, -0.05) is 58.4 Å². The Morgan fingerprint density at radius 3 is 2.46 bits per heavy atom. The summed E-state index contributed by atoms with van der Waals surface area (Å²) in [6.07, 6.45) is 3.21. The number of Topliss-reactive ketones (excluding diaryl/α,β-unsaturated/α-hetero) is 1. The number of pyridine rings is 1. The Kier molecular flexibility index (Phi) is 4.79. The topological polar surface area (TPSA) is 70.5 Å². The molecule has 1 atom stereocenters. The maximum atomic E-state index is 12.9. The van der Waals surface area contributed by atoms with Crippen molar-refractivity contribution >= 4 is 39.1 Å². The summed E-state index contributed by atoms with van der Waals surface area (Å²) in [6, 6.07) is 18.6. The van der Waals surface area contributed by atoms with Crippen molar-refractivity contribution in [1.82, 2.24) is 4.98 Å². The van der Waals surface area contributed by atoms with Crippen LogP contribution in [0.15, 0.2) is 89.2 Å². The molecule has 1 fully saturated rings. The molecule has 2 heterocycles. The monoisotopic (exact) mass is 434 g/mol. The quantitative estimate of drug-likeness (QED) is 0.375. The SMILES string of the molecule is O=C1C(=O)N(c2cccc(Br)c2)C(c2cccnc2)/C1=C(\O)c1ccccc1. The standard InChI is InChI=1S/C22H15BrN2O3/c23-16-9-4-10-17(12-16)25-19(15-8-5-11-24-13-15)18(21(27)22(25)28)20(26)14-6-2-1-3-7-14/h1-13,19,26H/b20-18+. The molecule has 2 aromatic carbocycles. The van der Waals surface area contributed by atoms with Gasteiger partial charge in [-0.25, -0.2) is 0 Å². The van der Waals surface area contributed by atoms with E-state index in [0.29, 0.717) is 16.8 Å². The Balaban J connectivity index is 1.95. The smallest absolute Gasteiger partial charge is 0.300 e. The van der Waals surface area contributed by atoms with Crippen LogP contribution in [0.3, 0.4) is 0 Å². The van der Waals surface area contributed by atoms with E-state index >= 15 is 0 Å². The van der Waals surface area contributed by atoms with Crippen molar-refractivity contribution in [2.45, 2.75) is 6.04 Å². The Morgan fingerprint density at radius 2 is 1.79 bits per heavy atom. The molecule has 5 nitrogen and oxygen atoms in total. The summed E-state index contributed by atoms with van der Waals surface area (Å²) in [6.45, 7) is 0. The molecule has 6 heteroatoms. The van der Waals surface area contributed by atoms with Crippen LogP contribution in [0.25, 0.3) is 5.76 Å². The number of aliphatic hydroxyl groups excluding tert-OH is 1. The van der Waals surface area contributed by atoms with Gasteiger partial charge in [0.25, 0.3) is 11.7 Å². The molecule has 1 aromatic heterocycles. The number of hydrogen-bond donors (Lipinski definition) is 1. The first kappa shape index (κ1) is 18.1. The molecular weight excluding hydrogens is 420 g/mol. The zero-order chi connectivity index (χ0) is 19.7. The van der Waals surface area contributed by atoms with E-state index in [-0.39, 0.29) is 11.3 Å².